The second-order valence-electron chi connectivity index (χ2n) is 6.52. The summed E-state index contributed by atoms with van der Waals surface area (Å²) in [5, 5.41) is 2.71. The van der Waals surface area contributed by atoms with E-state index in [1.807, 2.05) is 0 Å². The van der Waals surface area contributed by atoms with Gasteiger partial charge in [0.2, 0.25) is 0 Å². The van der Waals surface area contributed by atoms with E-state index in [1.165, 1.54) is 45.0 Å². The summed E-state index contributed by atoms with van der Waals surface area (Å²) < 4.78 is 0. The fourth-order valence-electron chi connectivity index (χ4n) is 4.03. The highest BCUT2D eigenvalue weighted by atomic mass is 14.3. The molecule has 0 atom stereocenters. The third kappa shape index (κ3) is 2.30. The highest BCUT2D eigenvalue weighted by Crippen LogP contribution is 2.43. The van der Waals surface area contributed by atoms with Crippen LogP contribution in [-0.4, -0.2) is 0 Å². The third-order valence-electron chi connectivity index (χ3n) is 5.01. The molecule has 0 radical (unpaired) electrons. The van der Waals surface area contributed by atoms with Gasteiger partial charge in [-0.2, -0.15) is 0 Å². The molecular formula is C23H22. The van der Waals surface area contributed by atoms with Crippen molar-refractivity contribution in [2.45, 2.75) is 33.1 Å². The van der Waals surface area contributed by atoms with Crippen LogP contribution in [0.25, 0.3) is 21.9 Å². The molecule has 23 heavy (non-hydrogen) atoms. The maximum Gasteiger partial charge on any atom is -0.00105 e. The molecule has 3 aromatic carbocycles. The molecule has 0 nitrogen and oxygen atoms in total. The van der Waals surface area contributed by atoms with E-state index in [4.69, 9.17) is 0 Å². The van der Waals surface area contributed by atoms with Gasteiger partial charge in [0.05, 0.1) is 0 Å². The molecule has 0 aromatic heterocycles. The average molecular weight is 298 g/mol. The number of allylic oxidation sites excluding steroid dienone is 2. The van der Waals surface area contributed by atoms with Crippen LogP contribution in [0.4, 0.5) is 0 Å². The molecule has 0 spiro atoms. The Hall–Kier alpha value is -2.34. The Balaban J connectivity index is 1.98. The number of rotatable bonds is 3. The summed E-state index contributed by atoms with van der Waals surface area (Å²) in [7, 11) is 0. The lowest BCUT2D eigenvalue weighted by Gasteiger charge is -2.12. The van der Waals surface area contributed by atoms with E-state index in [9.17, 15) is 0 Å². The molecule has 1 aliphatic carbocycles. The van der Waals surface area contributed by atoms with E-state index in [1.54, 1.807) is 5.57 Å². The predicted octanol–water partition coefficient (Wildman–Crippen LogP) is 6.42. The Kier molecular flexibility index (Phi) is 3.53. The fourth-order valence-corrected chi connectivity index (χ4v) is 4.03. The van der Waals surface area contributed by atoms with Crippen molar-refractivity contribution in [3.8, 4) is 0 Å². The summed E-state index contributed by atoms with van der Waals surface area (Å²) in [5.41, 5.74) is 8.95. The standard InChI is InChI=1S/C23H22/c1-3-8-21-22(15-18-12-6-9-16(2)23(18)21)20-14-7-11-17-10-4-5-13-19(17)20/h4-7,9-14H,3,8,15H2,1-2H3. The van der Waals surface area contributed by atoms with Crippen LogP contribution in [0.2, 0.25) is 0 Å². The Labute approximate surface area is 138 Å². The Morgan fingerprint density at radius 3 is 2.52 bits per heavy atom. The first-order chi connectivity index (χ1) is 11.3. The van der Waals surface area contributed by atoms with E-state index in [2.05, 4.69) is 74.5 Å². The molecule has 3 aromatic rings. The van der Waals surface area contributed by atoms with Gasteiger partial charge >= 0.3 is 0 Å². The molecule has 4 rings (SSSR count). The first-order valence-electron chi connectivity index (χ1n) is 8.58. The van der Waals surface area contributed by atoms with Gasteiger partial charge in [-0.1, -0.05) is 74.0 Å². The first-order valence-corrected chi connectivity index (χ1v) is 8.58. The summed E-state index contributed by atoms with van der Waals surface area (Å²) in [6.45, 7) is 4.53. The lowest BCUT2D eigenvalue weighted by atomic mass is 9.92. The highest BCUT2D eigenvalue weighted by molar-refractivity contribution is 6.05. The van der Waals surface area contributed by atoms with Gasteiger partial charge in [0.1, 0.15) is 0 Å². The predicted molar refractivity (Wildman–Crippen MR) is 101 cm³/mol. The summed E-state index contributed by atoms with van der Waals surface area (Å²) in [6.07, 6.45) is 3.42. The largest absolute Gasteiger partial charge is 0.0651 e. The van der Waals surface area contributed by atoms with Crippen molar-refractivity contribution in [1.82, 2.24) is 0 Å². The van der Waals surface area contributed by atoms with Crippen molar-refractivity contribution in [3.63, 3.8) is 0 Å². The van der Waals surface area contributed by atoms with Gasteiger partial charge in [0, 0.05) is 0 Å². The second-order valence-corrected chi connectivity index (χ2v) is 6.52. The van der Waals surface area contributed by atoms with E-state index in [-0.39, 0.29) is 0 Å². The van der Waals surface area contributed by atoms with Crippen molar-refractivity contribution in [1.29, 1.82) is 0 Å². The molecule has 1 aliphatic rings. The number of aryl methyl sites for hydroxylation is 1. The van der Waals surface area contributed by atoms with Crippen molar-refractivity contribution < 1.29 is 0 Å². The summed E-state index contributed by atoms with van der Waals surface area (Å²) >= 11 is 0. The maximum atomic E-state index is 2.30. The van der Waals surface area contributed by atoms with Crippen LogP contribution < -0.4 is 0 Å². The van der Waals surface area contributed by atoms with Gasteiger partial charge in [-0.15, -0.1) is 0 Å². The molecule has 0 bridgehead atoms. The summed E-state index contributed by atoms with van der Waals surface area (Å²) in [5.74, 6) is 0. The molecule has 0 heteroatoms. The zero-order valence-electron chi connectivity index (χ0n) is 13.9. The van der Waals surface area contributed by atoms with Crippen molar-refractivity contribution >= 4 is 21.9 Å². The van der Waals surface area contributed by atoms with Crippen LogP contribution in [0.3, 0.4) is 0 Å². The van der Waals surface area contributed by atoms with Gasteiger partial charge in [-0.05, 0) is 63.9 Å². The van der Waals surface area contributed by atoms with Crippen LogP contribution in [-0.2, 0) is 6.42 Å². The van der Waals surface area contributed by atoms with Crippen LogP contribution in [0, 0.1) is 6.92 Å². The zero-order valence-corrected chi connectivity index (χ0v) is 13.9. The topological polar surface area (TPSA) is 0 Å². The lowest BCUT2D eigenvalue weighted by molar-refractivity contribution is 0.975. The minimum atomic E-state index is 1.07. The van der Waals surface area contributed by atoms with E-state index in [0.29, 0.717) is 0 Å². The van der Waals surface area contributed by atoms with Gasteiger partial charge in [-0.25, -0.2) is 0 Å². The highest BCUT2D eigenvalue weighted by Gasteiger charge is 2.24. The summed E-state index contributed by atoms with van der Waals surface area (Å²) in [4.78, 5) is 0. The van der Waals surface area contributed by atoms with Gasteiger partial charge in [0.15, 0.2) is 0 Å². The number of hydrogen-bond acceptors (Lipinski definition) is 0. The van der Waals surface area contributed by atoms with Crippen molar-refractivity contribution in [2.24, 2.45) is 0 Å². The van der Waals surface area contributed by atoms with Crippen LogP contribution >= 0.6 is 0 Å². The summed E-state index contributed by atoms with van der Waals surface area (Å²) in [6, 6.07) is 22.2. The van der Waals surface area contributed by atoms with Gasteiger partial charge in [0.25, 0.3) is 0 Å². The van der Waals surface area contributed by atoms with E-state index < -0.39 is 0 Å². The molecule has 0 fully saturated rings. The second kappa shape index (κ2) is 5.70. The molecule has 0 saturated carbocycles. The third-order valence-corrected chi connectivity index (χ3v) is 5.01. The molecule has 0 saturated heterocycles. The van der Waals surface area contributed by atoms with Crippen molar-refractivity contribution in [2.75, 3.05) is 0 Å². The minimum Gasteiger partial charge on any atom is -0.0651 e. The smallest absolute Gasteiger partial charge is 0.00105 e. The maximum absolute atomic E-state index is 2.30. The number of hydrogen-bond donors (Lipinski definition) is 0. The average Bonchev–Trinajstić information content (AvgIpc) is 2.94. The monoisotopic (exact) mass is 298 g/mol. The van der Waals surface area contributed by atoms with Crippen LogP contribution in [0.5, 0.6) is 0 Å². The molecular weight excluding hydrogens is 276 g/mol. The fraction of sp³-hybridized carbons (Fsp3) is 0.217. The number of fused-ring (bicyclic) bond motifs is 2. The van der Waals surface area contributed by atoms with Crippen LogP contribution in [0.15, 0.2) is 60.7 Å². The number of benzene rings is 3. The first kappa shape index (κ1) is 14.3. The van der Waals surface area contributed by atoms with Gasteiger partial charge in [-0.3, -0.25) is 0 Å². The lowest BCUT2D eigenvalue weighted by Crippen LogP contribution is -1.90. The Bertz CT molecular complexity index is 907. The normalized spacial score (nSPS) is 13.7. The zero-order chi connectivity index (χ0) is 15.8. The van der Waals surface area contributed by atoms with Crippen LogP contribution in [0.1, 0.15) is 42.0 Å². The molecule has 0 unspecified atom stereocenters. The Morgan fingerprint density at radius 2 is 1.65 bits per heavy atom. The quantitative estimate of drug-likeness (QED) is 0.523. The van der Waals surface area contributed by atoms with Crippen molar-refractivity contribution in [3.05, 3.63) is 82.9 Å². The minimum absolute atomic E-state index is 1.07. The van der Waals surface area contributed by atoms with E-state index >= 15 is 0 Å². The molecule has 0 amide bonds. The van der Waals surface area contributed by atoms with Gasteiger partial charge < -0.3 is 0 Å². The molecule has 0 N–H and O–H groups in total. The molecule has 114 valence electrons. The molecule has 0 aliphatic heterocycles. The molecule has 0 heterocycles. The SMILES string of the molecule is CCCC1=C(c2cccc3ccccc23)Cc2cccc(C)c21. The van der Waals surface area contributed by atoms with E-state index in [0.717, 1.165) is 12.8 Å². The Morgan fingerprint density at radius 1 is 0.870 bits per heavy atom.